The van der Waals surface area contributed by atoms with Gasteiger partial charge in [0.1, 0.15) is 0 Å². The summed E-state index contributed by atoms with van der Waals surface area (Å²) in [5.41, 5.74) is 0.572. The van der Waals surface area contributed by atoms with Crippen LogP contribution in [0.1, 0.15) is 36.5 Å². The van der Waals surface area contributed by atoms with Gasteiger partial charge in [0.15, 0.2) is 5.78 Å². The molecule has 1 nitrogen and oxygen atoms in total. The summed E-state index contributed by atoms with van der Waals surface area (Å²) in [6.07, 6.45) is 3.81. The average molecular weight is 270 g/mol. The van der Waals surface area contributed by atoms with E-state index in [0.717, 1.165) is 19.8 Å². The molecule has 0 aliphatic rings. The van der Waals surface area contributed by atoms with E-state index in [1.54, 1.807) is 30.3 Å². The summed E-state index contributed by atoms with van der Waals surface area (Å²) in [5, 5.41) is -2.80. The second-order valence-corrected chi connectivity index (χ2v) is 5.43. The number of alkyl halides is 2. The van der Waals surface area contributed by atoms with Gasteiger partial charge in [-0.25, -0.2) is 0 Å². The van der Waals surface area contributed by atoms with Crippen molar-refractivity contribution in [2.75, 3.05) is 0 Å². The first-order chi connectivity index (χ1) is 8.42. The first kappa shape index (κ1) is 14.9. The normalized spacial score (nSPS) is 11.3. The Hall–Kier alpha value is -1.16. The van der Waals surface area contributed by atoms with E-state index in [1.165, 1.54) is 0 Å². The molecule has 0 aliphatic carbocycles. The summed E-state index contributed by atoms with van der Waals surface area (Å²) >= 11 is 0.485. The molecule has 0 bridgehead atoms. The summed E-state index contributed by atoms with van der Waals surface area (Å²) in [6.45, 7) is 4.44. The molecule has 0 saturated carbocycles. The maximum atomic E-state index is 12.8. The van der Waals surface area contributed by atoms with Gasteiger partial charge in [-0.3, -0.25) is 4.79 Å². The van der Waals surface area contributed by atoms with Crippen LogP contribution in [0.25, 0.3) is 0 Å². The molecule has 1 rings (SSSR count). The lowest BCUT2D eigenvalue weighted by Crippen LogP contribution is -2.02. The number of halogens is 2. The van der Waals surface area contributed by atoms with Gasteiger partial charge in [0.05, 0.1) is 0 Å². The molecule has 0 amide bonds. The number of unbranched alkanes of at least 4 members (excludes halogenated alkanes) is 1. The van der Waals surface area contributed by atoms with Crippen molar-refractivity contribution in [2.45, 2.75) is 36.3 Å². The van der Waals surface area contributed by atoms with Crippen LogP contribution in [0.15, 0.2) is 41.8 Å². The van der Waals surface area contributed by atoms with Crippen molar-refractivity contribution in [3.8, 4) is 0 Å². The number of benzene rings is 1. The standard InChI is InChI=1S/C14H16F2OS/c1-3-4-5-6-13(17)11-7-9-12(10-8-11)18-14(2,15)16/h3,7-10H,1,4-6H2,2H3. The number of ketones is 1. The fourth-order valence-corrected chi connectivity index (χ4v) is 2.15. The van der Waals surface area contributed by atoms with Gasteiger partial charge in [-0.15, -0.1) is 6.58 Å². The van der Waals surface area contributed by atoms with Gasteiger partial charge in [0.2, 0.25) is 0 Å². The fourth-order valence-electron chi connectivity index (χ4n) is 1.47. The van der Waals surface area contributed by atoms with Gasteiger partial charge >= 0.3 is 0 Å². The molecule has 0 fully saturated rings. The number of carbonyl (C=O) groups excluding carboxylic acids is 1. The Labute approximate surface area is 110 Å². The molecule has 18 heavy (non-hydrogen) atoms. The largest absolute Gasteiger partial charge is 0.295 e. The highest BCUT2D eigenvalue weighted by Gasteiger charge is 2.22. The Morgan fingerprint density at radius 1 is 1.39 bits per heavy atom. The highest BCUT2D eigenvalue weighted by Crippen LogP contribution is 2.35. The zero-order valence-electron chi connectivity index (χ0n) is 10.3. The van der Waals surface area contributed by atoms with Crippen LogP contribution >= 0.6 is 11.8 Å². The van der Waals surface area contributed by atoms with Gasteiger partial charge in [-0.05, 0) is 25.0 Å². The Bertz CT molecular complexity index is 407. The van der Waals surface area contributed by atoms with Crippen molar-refractivity contribution >= 4 is 17.5 Å². The number of rotatable bonds is 7. The van der Waals surface area contributed by atoms with Crippen molar-refractivity contribution in [3.63, 3.8) is 0 Å². The topological polar surface area (TPSA) is 17.1 Å². The third kappa shape index (κ3) is 5.45. The van der Waals surface area contributed by atoms with E-state index in [0.29, 0.717) is 28.6 Å². The minimum absolute atomic E-state index is 0.0386. The molecule has 0 N–H and O–H groups in total. The molecule has 0 saturated heterocycles. The Morgan fingerprint density at radius 2 is 2.00 bits per heavy atom. The van der Waals surface area contributed by atoms with Gasteiger partial charge < -0.3 is 0 Å². The maximum absolute atomic E-state index is 12.8. The number of Topliss-reactive ketones (excluding diaryl/α,β-unsaturated/α-hetero) is 1. The summed E-state index contributed by atoms with van der Waals surface area (Å²) < 4.78 is 25.5. The zero-order valence-corrected chi connectivity index (χ0v) is 11.1. The number of allylic oxidation sites excluding steroid dienone is 1. The SMILES string of the molecule is C=CCCCC(=O)c1ccc(SC(C)(F)F)cc1. The van der Waals surface area contributed by atoms with E-state index in [4.69, 9.17) is 0 Å². The van der Waals surface area contributed by atoms with Crippen LogP contribution in [0, 0.1) is 0 Å². The molecular weight excluding hydrogens is 254 g/mol. The van der Waals surface area contributed by atoms with Crippen LogP contribution in [0.2, 0.25) is 0 Å². The van der Waals surface area contributed by atoms with Crippen LogP contribution in [-0.2, 0) is 0 Å². The molecule has 1 aromatic carbocycles. The third-order valence-corrected chi connectivity index (χ3v) is 3.15. The van der Waals surface area contributed by atoms with E-state index < -0.39 is 5.25 Å². The fraction of sp³-hybridized carbons (Fsp3) is 0.357. The summed E-state index contributed by atoms with van der Waals surface area (Å²) in [4.78, 5) is 12.2. The van der Waals surface area contributed by atoms with Crippen molar-refractivity contribution in [1.29, 1.82) is 0 Å². The molecule has 1 aromatic rings. The van der Waals surface area contributed by atoms with E-state index in [-0.39, 0.29) is 5.78 Å². The molecular formula is C14H16F2OS. The Morgan fingerprint density at radius 3 is 2.50 bits per heavy atom. The molecule has 0 radical (unpaired) electrons. The van der Waals surface area contributed by atoms with Crippen molar-refractivity contribution in [3.05, 3.63) is 42.5 Å². The molecule has 98 valence electrons. The summed E-state index contributed by atoms with van der Waals surface area (Å²) in [6, 6.07) is 6.32. The molecule has 4 heteroatoms. The molecule has 0 heterocycles. The van der Waals surface area contributed by atoms with E-state index in [2.05, 4.69) is 6.58 Å². The zero-order chi connectivity index (χ0) is 13.6. The van der Waals surface area contributed by atoms with Crippen LogP contribution in [0.5, 0.6) is 0 Å². The monoisotopic (exact) mass is 270 g/mol. The van der Waals surface area contributed by atoms with Crippen molar-refractivity contribution in [1.82, 2.24) is 0 Å². The number of hydrogen-bond donors (Lipinski definition) is 0. The van der Waals surface area contributed by atoms with E-state index in [9.17, 15) is 13.6 Å². The van der Waals surface area contributed by atoms with Gasteiger partial charge in [-0.1, -0.05) is 30.0 Å². The second kappa shape index (κ2) is 6.69. The average Bonchev–Trinajstić information content (AvgIpc) is 2.28. The first-order valence-electron chi connectivity index (χ1n) is 5.73. The Kier molecular flexibility index (Phi) is 5.54. The van der Waals surface area contributed by atoms with Gasteiger partial charge in [0.25, 0.3) is 5.25 Å². The van der Waals surface area contributed by atoms with Gasteiger partial charge in [0, 0.05) is 23.8 Å². The lowest BCUT2D eigenvalue weighted by molar-refractivity contribution is 0.0980. The molecule has 0 unspecified atom stereocenters. The smallest absolute Gasteiger partial charge is 0.294 e. The minimum Gasteiger partial charge on any atom is -0.294 e. The quantitative estimate of drug-likeness (QED) is 0.302. The summed E-state index contributed by atoms with van der Waals surface area (Å²) in [5.74, 6) is 0.0386. The maximum Gasteiger partial charge on any atom is 0.295 e. The van der Waals surface area contributed by atoms with Gasteiger partial charge in [-0.2, -0.15) is 8.78 Å². The number of thioether (sulfide) groups is 1. The number of carbonyl (C=O) groups is 1. The van der Waals surface area contributed by atoms with E-state index >= 15 is 0 Å². The second-order valence-electron chi connectivity index (χ2n) is 4.04. The van der Waals surface area contributed by atoms with Crippen LogP contribution in [-0.4, -0.2) is 11.0 Å². The van der Waals surface area contributed by atoms with Crippen molar-refractivity contribution in [2.24, 2.45) is 0 Å². The molecule has 0 spiro atoms. The molecule has 0 aliphatic heterocycles. The lowest BCUT2D eigenvalue weighted by atomic mass is 10.1. The minimum atomic E-state index is -2.80. The summed E-state index contributed by atoms with van der Waals surface area (Å²) in [7, 11) is 0. The molecule has 0 atom stereocenters. The van der Waals surface area contributed by atoms with Crippen LogP contribution < -0.4 is 0 Å². The van der Waals surface area contributed by atoms with E-state index in [1.807, 2.05) is 0 Å². The number of hydrogen-bond acceptors (Lipinski definition) is 2. The Balaban J connectivity index is 2.59. The lowest BCUT2D eigenvalue weighted by Gasteiger charge is -2.09. The highest BCUT2D eigenvalue weighted by molar-refractivity contribution is 8.00. The van der Waals surface area contributed by atoms with Crippen molar-refractivity contribution < 1.29 is 13.6 Å². The van der Waals surface area contributed by atoms with Crippen LogP contribution in [0.3, 0.4) is 0 Å². The highest BCUT2D eigenvalue weighted by atomic mass is 32.2. The predicted octanol–water partition coefficient (Wildman–Crippen LogP) is 4.93. The van der Waals surface area contributed by atoms with Crippen LogP contribution in [0.4, 0.5) is 8.78 Å². The third-order valence-electron chi connectivity index (χ3n) is 2.29. The first-order valence-corrected chi connectivity index (χ1v) is 6.55. The molecule has 0 aromatic heterocycles. The predicted molar refractivity (Wildman–Crippen MR) is 71.3 cm³/mol.